The van der Waals surface area contributed by atoms with Gasteiger partial charge >= 0.3 is 0 Å². The van der Waals surface area contributed by atoms with E-state index in [9.17, 15) is 4.79 Å². The van der Waals surface area contributed by atoms with Gasteiger partial charge < -0.3 is 21.1 Å². The van der Waals surface area contributed by atoms with E-state index in [1.807, 2.05) is 0 Å². The van der Waals surface area contributed by atoms with E-state index in [0.29, 0.717) is 29.6 Å². The first-order valence-electron chi connectivity index (χ1n) is 6.61. The van der Waals surface area contributed by atoms with Crippen LogP contribution in [0.3, 0.4) is 0 Å². The van der Waals surface area contributed by atoms with E-state index in [2.05, 4.69) is 11.9 Å². The number of para-hydroxylation sites is 1. The number of amides is 1. The molecule has 1 amide bonds. The molecular formula is C14H21N3O2. The van der Waals surface area contributed by atoms with Crippen molar-refractivity contribution >= 4 is 11.6 Å². The van der Waals surface area contributed by atoms with Crippen LogP contribution in [0.2, 0.25) is 0 Å². The minimum Gasteiger partial charge on any atom is -0.491 e. The van der Waals surface area contributed by atoms with Gasteiger partial charge in [0.15, 0.2) is 5.75 Å². The number of primary amides is 1. The zero-order valence-electron chi connectivity index (χ0n) is 11.3. The first-order valence-corrected chi connectivity index (χ1v) is 6.61. The number of likely N-dealkylation sites (tertiary alicyclic amines) is 1. The lowest BCUT2D eigenvalue weighted by Crippen LogP contribution is -2.26. The average Bonchev–Trinajstić information content (AvgIpc) is 2.77. The number of nitrogens with two attached hydrogens (primary N) is 2. The van der Waals surface area contributed by atoms with E-state index >= 15 is 0 Å². The van der Waals surface area contributed by atoms with E-state index in [1.165, 1.54) is 12.8 Å². The Balaban J connectivity index is 1.97. The van der Waals surface area contributed by atoms with E-state index in [0.717, 1.165) is 13.0 Å². The van der Waals surface area contributed by atoms with Crippen LogP contribution in [-0.4, -0.2) is 37.0 Å². The summed E-state index contributed by atoms with van der Waals surface area (Å²) in [5, 5.41) is 0. The Morgan fingerprint density at radius 2 is 2.32 bits per heavy atom. The van der Waals surface area contributed by atoms with Crippen LogP contribution in [0.5, 0.6) is 5.75 Å². The summed E-state index contributed by atoms with van der Waals surface area (Å²) in [4.78, 5) is 13.7. The molecule has 104 valence electrons. The van der Waals surface area contributed by atoms with Crippen molar-refractivity contribution in [1.82, 2.24) is 4.90 Å². The second kappa shape index (κ2) is 5.93. The minimum atomic E-state index is -0.514. The van der Waals surface area contributed by atoms with E-state index in [4.69, 9.17) is 16.2 Å². The number of anilines is 1. The molecule has 5 nitrogen and oxygen atoms in total. The molecule has 0 aromatic heterocycles. The smallest absolute Gasteiger partial charge is 0.252 e. The summed E-state index contributed by atoms with van der Waals surface area (Å²) < 4.78 is 5.69. The molecule has 0 bridgehead atoms. The highest BCUT2D eigenvalue weighted by Gasteiger charge is 2.21. The molecule has 0 saturated carbocycles. The fourth-order valence-electron chi connectivity index (χ4n) is 2.55. The summed E-state index contributed by atoms with van der Waals surface area (Å²) in [6.07, 6.45) is 3.37. The molecular weight excluding hydrogens is 242 g/mol. The predicted molar refractivity (Wildman–Crippen MR) is 75.1 cm³/mol. The number of hydrogen-bond donors (Lipinski definition) is 2. The summed E-state index contributed by atoms with van der Waals surface area (Å²) >= 11 is 0. The molecule has 4 N–H and O–H groups in total. The van der Waals surface area contributed by atoms with Crippen molar-refractivity contribution < 1.29 is 9.53 Å². The average molecular weight is 263 g/mol. The van der Waals surface area contributed by atoms with Crippen LogP contribution in [0, 0.1) is 0 Å². The van der Waals surface area contributed by atoms with Crippen molar-refractivity contribution in [2.75, 3.05) is 25.9 Å². The first-order chi connectivity index (χ1) is 9.09. The lowest BCUT2D eigenvalue weighted by atomic mass is 10.1. The van der Waals surface area contributed by atoms with Gasteiger partial charge in [0.05, 0.1) is 17.9 Å². The molecule has 1 unspecified atom stereocenters. The van der Waals surface area contributed by atoms with Gasteiger partial charge in [0, 0.05) is 6.04 Å². The third-order valence-corrected chi connectivity index (χ3v) is 3.68. The second-order valence-electron chi connectivity index (χ2n) is 5.00. The highest BCUT2D eigenvalue weighted by Crippen LogP contribution is 2.27. The molecule has 0 radical (unpaired) electrons. The van der Waals surface area contributed by atoms with Crippen LogP contribution < -0.4 is 16.2 Å². The number of hydrogen-bond acceptors (Lipinski definition) is 4. The zero-order valence-corrected chi connectivity index (χ0v) is 11.3. The summed E-state index contributed by atoms with van der Waals surface area (Å²) in [6.45, 7) is 1.69. The molecule has 1 aromatic carbocycles. The van der Waals surface area contributed by atoms with Gasteiger partial charge in [-0.15, -0.1) is 0 Å². The summed E-state index contributed by atoms with van der Waals surface area (Å²) in [7, 11) is 2.13. The molecule has 2 rings (SSSR count). The molecule has 0 aliphatic carbocycles. The fraction of sp³-hybridized carbons (Fsp3) is 0.500. The van der Waals surface area contributed by atoms with Gasteiger partial charge in [-0.2, -0.15) is 0 Å². The number of carbonyl (C=O) groups is 1. The maximum absolute atomic E-state index is 11.3. The number of ether oxygens (including phenoxy) is 1. The van der Waals surface area contributed by atoms with Crippen molar-refractivity contribution in [2.45, 2.75) is 25.3 Å². The highest BCUT2D eigenvalue weighted by molar-refractivity contribution is 5.97. The van der Waals surface area contributed by atoms with Crippen molar-refractivity contribution in [1.29, 1.82) is 0 Å². The van der Waals surface area contributed by atoms with Gasteiger partial charge in [0.2, 0.25) is 0 Å². The zero-order chi connectivity index (χ0) is 13.8. The molecule has 1 heterocycles. The monoisotopic (exact) mass is 263 g/mol. The Morgan fingerprint density at radius 3 is 2.95 bits per heavy atom. The minimum absolute atomic E-state index is 0.347. The molecule has 0 spiro atoms. The van der Waals surface area contributed by atoms with Gasteiger partial charge in [-0.05, 0) is 45.0 Å². The Labute approximate surface area is 113 Å². The number of carbonyl (C=O) groups excluding carboxylic acids is 1. The number of rotatable bonds is 5. The standard InChI is InChI=1S/C14H21N3O2/c1-17-8-3-4-10(17)7-9-19-13-11(14(16)18)5-2-6-12(13)15/h2,5-6,10H,3-4,7-9,15H2,1H3,(H2,16,18). The molecule has 1 atom stereocenters. The van der Waals surface area contributed by atoms with Crippen molar-refractivity contribution in [3.8, 4) is 5.75 Å². The van der Waals surface area contributed by atoms with Crippen LogP contribution in [-0.2, 0) is 0 Å². The third-order valence-electron chi connectivity index (χ3n) is 3.68. The van der Waals surface area contributed by atoms with E-state index in [1.54, 1.807) is 18.2 Å². The molecule has 19 heavy (non-hydrogen) atoms. The van der Waals surface area contributed by atoms with Crippen LogP contribution in [0.1, 0.15) is 29.6 Å². The number of benzene rings is 1. The Bertz CT molecular complexity index is 462. The van der Waals surface area contributed by atoms with Crippen molar-refractivity contribution in [3.05, 3.63) is 23.8 Å². The van der Waals surface area contributed by atoms with Crippen molar-refractivity contribution in [3.63, 3.8) is 0 Å². The van der Waals surface area contributed by atoms with Gasteiger partial charge in [0.1, 0.15) is 0 Å². The van der Waals surface area contributed by atoms with Crippen LogP contribution in [0.4, 0.5) is 5.69 Å². The molecule has 1 aromatic rings. The molecule has 5 heteroatoms. The Hall–Kier alpha value is -1.75. The topological polar surface area (TPSA) is 81.6 Å². The largest absolute Gasteiger partial charge is 0.491 e. The lowest BCUT2D eigenvalue weighted by molar-refractivity contribution is 0.0996. The fourth-order valence-corrected chi connectivity index (χ4v) is 2.55. The first kappa shape index (κ1) is 13.7. The Morgan fingerprint density at radius 1 is 1.53 bits per heavy atom. The van der Waals surface area contributed by atoms with Gasteiger partial charge in [-0.25, -0.2) is 0 Å². The van der Waals surface area contributed by atoms with Gasteiger partial charge in [0.25, 0.3) is 5.91 Å². The van der Waals surface area contributed by atoms with Crippen LogP contribution >= 0.6 is 0 Å². The number of nitrogens with zero attached hydrogens (tertiary/aromatic N) is 1. The third kappa shape index (κ3) is 3.17. The SMILES string of the molecule is CN1CCCC1CCOc1c(N)cccc1C(N)=O. The molecule has 1 aliphatic heterocycles. The summed E-state index contributed by atoms with van der Waals surface area (Å²) in [6, 6.07) is 5.61. The second-order valence-corrected chi connectivity index (χ2v) is 5.00. The predicted octanol–water partition coefficient (Wildman–Crippen LogP) is 1.23. The van der Waals surface area contributed by atoms with Crippen LogP contribution in [0.25, 0.3) is 0 Å². The van der Waals surface area contributed by atoms with Gasteiger partial charge in [-0.3, -0.25) is 4.79 Å². The maximum atomic E-state index is 11.3. The molecule has 1 saturated heterocycles. The lowest BCUT2D eigenvalue weighted by Gasteiger charge is -2.20. The van der Waals surface area contributed by atoms with Crippen LogP contribution in [0.15, 0.2) is 18.2 Å². The summed E-state index contributed by atoms with van der Waals surface area (Å²) in [5.74, 6) is -0.101. The molecule has 1 fully saturated rings. The highest BCUT2D eigenvalue weighted by atomic mass is 16.5. The quantitative estimate of drug-likeness (QED) is 0.783. The number of nitrogen functional groups attached to an aromatic ring is 1. The summed E-state index contributed by atoms with van der Waals surface area (Å²) in [5.41, 5.74) is 12.0. The normalized spacial score (nSPS) is 19.5. The van der Waals surface area contributed by atoms with Crippen molar-refractivity contribution in [2.24, 2.45) is 5.73 Å². The molecule has 1 aliphatic rings. The van der Waals surface area contributed by atoms with E-state index < -0.39 is 5.91 Å². The maximum Gasteiger partial charge on any atom is 0.252 e. The van der Waals surface area contributed by atoms with E-state index in [-0.39, 0.29) is 0 Å². The van der Waals surface area contributed by atoms with Gasteiger partial charge in [-0.1, -0.05) is 6.07 Å². The Kier molecular flexibility index (Phi) is 4.27.